The van der Waals surface area contributed by atoms with Crippen LogP contribution < -0.4 is 16.0 Å². The van der Waals surface area contributed by atoms with Crippen molar-refractivity contribution in [3.63, 3.8) is 0 Å². The van der Waals surface area contributed by atoms with Crippen molar-refractivity contribution in [2.75, 3.05) is 19.4 Å². The molecular weight excluding hydrogens is 274 g/mol. The number of nitrogens with zero attached hydrogens (tertiary/aromatic N) is 1. The van der Waals surface area contributed by atoms with Gasteiger partial charge in [0.05, 0.1) is 12.8 Å². The molecule has 0 aliphatic heterocycles. The summed E-state index contributed by atoms with van der Waals surface area (Å²) < 4.78 is 5.11. The molecule has 0 aliphatic rings. The van der Waals surface area contributed by atoms with E-state index in [-0.39, 0.29) is 5.56 Å². The molecule has 3 N–H and O–H groups in total. The third kappa shape index (κ3) is 3.85. The van der Waals surface area contributed by atoms with Crippen LogP contribution in [-0.4, -0.2) is 29.4 Å². The first-order valence-corrected chi connectivity index (χ1v) is 7.30. The summed E-state index contributed by atoms with van der Waals surface area (Å²) >= 11 is 1.50. The van der Waals surface area contributed by atoms with Gasteiger partial charge in [-0.1, -0.05) is 11.8 Å². The number of hydrogen-bond acceptors (Lipinski definition) is 5. The number of nitrogens with one attached hydrogen (secondary N) is 1. The number of H-pyrrole nitrogens is 1. The molecule has 1 aromatic carbocycles. The molecule has 0 saturated heterocycles. The summed E-state index contributed by atoms with van der Waals surface area (Å²) in [5.74, 6) is 1.61. The van der Waals surface area contributed by atoms with Gasteiger partial charge in [0, 0.05) is 17.4 Å². The molecule has 0 radical (unpaired) electrons. The number of hydrogen-bond donors (Lipinski definition) is 2. The van der Waals surface area contributed by atoms with Crippen LogP contribution in [0.25, 0.3) is 11.3 Å². The van der Waals surface area contributed by atoms with Gasteiger partial charge in [-0.05, 0) is 37.2 Å². The minimum Gasteiger partial charge on any atom is -0.497 e. The highest BCUT2D eigenvalue weighted by molar-refractivity contribution is 7.99. The van der Waals surface area contributed by atoms with E-state index in [1.54, 1.807) is 7.11 Å². The monoisotopic (exact) mass is 291 g/mol. The molecule has 0 amide bonds. The second-order valence-corrected chi connectivity index (χ2v) is 5.24. The zero-order valence-corrected chi connectivity index (χ0v) is 12.1. The number of rotatable bonds is 6. The predicted octanol–water partition coefficient (Wildman–Crippen LogP) is 1.89. The maximum atomic E-state index is 11.7. The Kier molecular flexibility index (Phi) is 5.20. The molecule has 2 rings (SSSR count). The molecule has 0 saturated carbocycles. The van der Waals surface area contributed by atoms with Gasteiger partial charge in [0.2, 0.25) is 0 Å². The molecule has 0 bridgehead atoms. The van der Waals surface area contributed by atoms with Gasteiger partial charge in [-0.3, -0.25) is 4.79 Å². The lowest BCUT2D eigenvalue weighted by Crippen LogP contribution is -2.08. The molecule has 0 fully saturated rings. The number of aromatic amines is 1. The van der Waals surface area contributed by atoms with Gasteiger partial charge in [-0.2, -0.15) is 0 Å². The molecule has 2 aromatic rings. The molecule has 0 spiro atoms. The van der Waals surface area contributed by atoms with Crippen LogP contribution in [0.4, 0.5) is 0 Å². The topological polar surface area (TPSA) is 81.0 Å². The van der Waals surface area contributed by atoms with E-state index < -0.39 is 0 Å². The average Bonchev–Trinajstić information content (AvgIpc) is 2.47. The lowest BCUT2D eigenvalue weighted by Gasteiger charge is -2.05. The molecule has 106 valence electrons. The van der Waals surface area contributed by atoms with E-state index in [0.717, 1.165) is 23.5 Å². The van der Waals surface area contributed by atoms with Crippen LogP contribution in [0.15, 0.2) is 40.3 Å². The summed E-state index contributed by atoms with van der Waals surface area (Å²) in [7, 11) is 1.62. The van der Waals surface area contributed by atoms with Gasteiger partial charge in [0.25, 0.3) is 5.56 Å². The van der Waals surface area contributed by atoms with Crippen LogP contribution in [0.1, 0.15) is 6.42 Å². The summed E-state index contributed by atoms with van der Waals surface area (Å²) in [4.78, 5) is 18.9. The van der Waals surface area contributed by atoms with Gasteiger partial charge in [0.1, 0.15) is 5.75 Å². The number of nitrogens with two attached hydrogens (primary N) is 1. The first kappa shape index (κ1) is 14.6. The van der Waals surface area contributed by atoms with Crippen molar-refractivity contribution >= 4 is 11.8 Å². The third-order valence-electron chi connectivity index (χ3n) is 2.69. The van der Waals surface area contributed by atoms with Crippen molar-refractivity contribution in [3.05, 3.63) is 40.7 Å². The van der Waals surface area contributed by atoms with E-state index in [4.69, 9.17) is 10.5 Å². The fourth-order valence-corrected chi connectivity index (χ4v) is 2.51. The Morgan fingerprint density at radius 1 is 1.35 bits per heavy atom. The summed E-state index contributed by atoms with van der Waals surface area (Å²) in [6.45, 7) is 0.634. The second kappa shape index (κ2) is 7.12. The quantitative estimate of drug-likeness (QED) is 0.482. The molecule has 1 heterocycles. The highest BCUT2D eigenvalue weighted by Crippen LogP contribution is 2.21. The number of thioether (sulfide) groups is 1. The van der Waals surface area contributed by atoms with Crippen molar-refractivity contribution in [1.29, 1.82) is 0 Å². The van der Waals surface area contributed by atoms with Crippen molar-refractivity contribution in [2.24, 2.45) is 5.73 Å². The van der Waals surface area contributed by atoms with Crippen molar-refractivity contribution < 1.29 is 4.74 Å². The highest BCUT2D eigenvalue weighted by Gasteiger charge is 2.05. The van der Waals surface area contributed by atoms with Crippen LogP contribution in [0.5, 0.6) is 5.75 Å². The van der Waals surface area contributed by atoms with Crippen molar-refractivity contribution in [1.82, 2.24) is 9.97 Å². The summed E-state index contributed by atoms with van der Waals surface area (Å²) in [5, 5.41) is 0.622. The number of ether oxygens (including phenoxy) is 1. The van der Waals surface area contributed by atoms with E-state index >= 15 is 0 Å². The first-order valence-electron chi connectivity index (χ1n) is 6.31. The van der Waals surface area contributed by atoms with Gasteiger partial charge in [-0.25, -0.2) is 4.98 Å². The summed E-state index contributed by atoms with van der Waals surface area (Å²) in [6.07, 6.45) is 0.890. The van der Waals surface area contributed by atoms with E-state index in [1.807, 2.05) is 24.3 Å². The Hall–Kier alpha value is -1.79. The normalized spacial score (nSPS) is 10.5. The molecule has 5 nitrogen and oxygen atoms in total. The summed E-state index contributed by atoms with van der Waals surface area (Å²) in [5.41, 5.74) is 6.85. The van der Waals surface area contributed by atoms with E-state index in [9.17, 15) is 4.79 Å². The van der Waals surface area contributed by atoms with Gasteiger partial charge in [0.15, 0.2) is 5.16 Å². The third-order valence-corrected chi connectivity index (χ3v) is 3.65. The van der Waals surface area contributed by atoms with Gasteiger partial charge >= 0.3 is 0 Å². The minimum absolute atomic E-state index is 0.152. The van der Waals surface area contributed by atoms with Crippen LogP contribution >= 0.6 is 11.8 Å². The molecule has 1 aromatic heterocycles. The smallest absolute Gasteiger partial charge is 0.252 e. The lowest BCUT2D eigenvalue weighted by molar-refractivity contribution is 0.415. The zero-order chi connectivity index (χ0) is 14.4. The Morgan fingerprint density at radius 2 is 2.10 bits per heavy atom. The fraction of sp³-hybridized carbons (Fsp3) is 0.286. The molecule has 0 unspecified atom stereocenters. The zero-order valence-electron chi connectivity index (χ0n) is 11.3. The van der Waals surface area contributed by atoms with Crippen molar-refractivity contribution in [2.45, 2.75) is 11.6 Å². The second-order valence-electron chi connectivity index (χ2n) is 4.15. The molecule has 0 aliphatic carbocycles. The maximum absolute atomic E-state index is 11.7. The Morgan fingerprint density at radius 3 is 2.75 bits per heavy atom. The van der Waals surface area contributed by atoms with Crippen molar-refractivity contribution in [3.8, 4) is 17.0 Å². The van der Waals surface area contributed by atoms with Gasteiger partial charge < -0.3 is 15.5 Å². The van der Waals surface area contributed by atoms with E-state index in [1.165, 1.54) is 17.8 Å². The lowest BCUT2D eigenvalue weighted by atomic mass is 10.1. The minimum atomic E-state index is -0.152. The molecule has 0 atom stereocenters. The van der Waals surface area contributed by atoms with Crippen LogP contribution in [0, 0.1) is 0 Å². The molecule has 6 heteroatoms. The number of aromatic nitrogens is 2. The van der Waals surface area contributed by atoms with Crippen LogP contribution in [-0.2, 0) is 0 Å². The molecule has 20 heavy (non-hydrogen) atoms. The first-order chi connectivity index (χ1) is 9.72. The number of methoxy groups -OCH3 is 1. The van der Waals surface area contributed by atoms with E-state index in [0.29, 0.717) is 17.4 Å². The Bertz CT molecular complexity index is 611. The summed E-state index contributed by atoms with van der Waals surface area (Å²) in [6, 6.07) is 8.96. The fourth-order valence-electron chi connectivity index (χ4n) is 1.67. The standard InChI is InChI=1S/C14H17N3O2S/c1-19-11-5-3-10(4-6-11)12-9-13(18)17-14(16-12)20-8-2-7-15/h3-6,9H,2,7-8,15H2,1H3,(H,16,17,18). The van der Waals surface area contributed by atoms with Crippen LogP contribution in [0.3, 0.4) is 0 Å². The highest BCUT2D eigenvalue weighted by atomic mass is 32.2. The van der Waals surface area contributed by atoms with Gasteiger partial charge in [-0.15, -0.1) is 0 Å². The van der Waals surface area contributed by atoms with E-state index in [2.05, 4.69) is 9.97 Å². The largest absolute Gasteiger partial charge is 0.497 e. The van der Waals surface area contributed by atoms with Crippen LogP contribution in [0.2, 0.25) is 0 Å². The number of benzene rings is 1. The SMILES string of the molecule is COc1ccc(-c2cc(=O)[nH]c(SCCCN)n2)cc1. The predicted molar refractivity (Wildman–Crippen MR) is 81.2 cm³/mol. The molecular formula is C14H17N3O2S. The Labute approximate surface area is 121 Å². The average molecular weight is 291 g/mol. The maximum Gasteiger partial charge on any atom is 0.252 e. The Balaban J connectivity index is 2.24.